The van der Waals surface area contributed by atoms with Crippen molar-refractivity contribution in [3.8, 4) is 11.5 Å². The first kappa shape index (κ1) is 28.1. The Kier molecular flexibility index (Phi) is 7.31. The molecule has 226 valence electrons. The summed E-state index contributed by atoms with van der Waals surface area (Å²) >= 11 is 1.25. The van der Waals surface area contributed by atoms with Crippen LogP contribution in [0.2, 0.25) is 0 Å². The molecule has 12 heteroatoms. The van der Waals surface area contributed by atoms with Gasteiger partial charge in [0.15, 0.2) is 16.3 Å². The van der Waals surface area contributed by atoms with Crippen molar-refractivity contribution in [1.82, 2.24) is 14.0 Å². The fraction of sp³-hybridized carbons (Fsp3) is 0.312. The summed E-state index contributed by atoms with van der Waals surface area (Å²) in [5.74, 6) is 0.634. The number of ether oxygens (including phenoxy) is 4. The van der Waals surface area contributed by atoms with Crippen LogP contribution in [-0.4, -0.2) is 65.6 Å². The number of benzene rings is 2. The lowest BCUT2D eigenvalue weighted by Crippen LogP contribution is -2.42. The van der Waals surface area contributed by atoms with Crippen molar-refractivity contribution in [3.63, 3.8) is 0 Å². The summed E-state index contributed by atoms with van der Waals surface area (Å²) in [6.07, 6.45) is 3.74. The molecular weight excluding hydrogens is 584 g/mol. The van der Waals surface area contributed by atoms with Crippen LogP contribution in [0.25, 0.3) is 17.0 Å². The van der Waals surface area contributed by atoms with Gasteiger partial charge in [-0.1, -0.05) is 35.6 Å². The Morgan fingerprint density at radius 1 is 1.11 bits per heavy atom. The van der Waals surface area contributed by atoms with Crippen molar-refractivity contribution in [2.75, 3.05) is 39.7 Å². The lowest BCUT2D eigenvalue weighted by molar-refractivity contribution is -0.139. The topological polar surface area (TPSA) is 114 Å². The van der Waals surface area contributed by atoms with Gasteiger partial charge in [0.25, 0.3) is 5.56 Å². The van der Waals surface area contributed by atoms with Crippen molar-refractivity contribution in [3.05, 3.63) is 90.7 Å². The average molecular weight is 615 g/mol. The molecular formula is C32H30N4O7S. The number of esters is 1. The SMILES string of the molecule is CCOC(=O)C1=C(C)N=c2s/c(=C/c3cn(CC(=O)N4CCOCC4)c4ccccc34)c(=O)n2[C@H]1c1ccc2c(c1)OCO2. The second kappa shape index (κ2) is 11.4. The van der Waals surface area contributed by atoms with E-state index in [2.05, 4.69) is 4.99 Å². The second-order valence-electron chi connectivity index (χ2n) is 10.6. The molecule has 1 saturated heterocycles. The van der Waals surface area contributed by atoms with E-state index < -0.39 is 12.0 Å². The minimum atomic E-state index is -0.769. The number of rotatable bonds is 6. The van der Waals surface area contributed by atoms with Gasteiger partial charge in [-0.25, -0.2) is 9.79 Å². The van der Waals surface area contributed by atoms with Crippen LogP contribution < -0.4 is 24.4 Å². The Morgan fingerprint density at radius 2 is 1.91 bits per heavy atom. The van der Waals surface area contributed by atoms with Gasteiger partial charge in [-0.3, -0.25) is 14.2 Å². The smallest absolute Gasteiger partial charge is 0.338 e. The largest absolute Gasteiger partial charge is 0.463 e. The number of carbonyl (C=O) groups is 2. The van der Waals surface area contributed by atoms with E-state index in [0.717, 1.165) is 16.5 Å². The zero-order valence-corrected chi connectivity index (χ0v) is 25.1. The van der Waals surface area contributed by atoms with Crippen molar-refractivity contribution in [2.45, 2.75) is 26.4 Å². The molecule has 3 aliphatic heterocycles. The summed E-state index contributed by atoms with van der Waals surface area (Å²) in [5.41, 5.74) is 2.87. The van der Waals surface area contributed by atoms with Gasteiger partial charge >= 0.3 is 5.97 Å². The third-order valence-corrected chi connectivity index (χ3v) is 8.99. The number of aromatic nitrogens is 2. The Labute approximate surface area is 255 Å². The quantitative estimate of drug-likeness (QED) is 0.307. The van der Waals surface area contributed by atoms with Crippen LogP contribution in [0.5, 0.6) is 11.5 Å². The van der Waals surface area contributed by atoms with Crippen LogP contribution in [0.3, 0.4) is 0 Å². The number of hydrogen-bond donors (Lipinski definition) is 0. The lowest BCUT2D eigenvalue weighted by Gasteiger charge is -2.27. The maximum atomic E-state index is 14.2. The zero-order valence-electron chi connectivity index (χ0n) is 24.3. The number of allylic oxidation sites excluding steroid dienone is 1. The highest BCUT2D eigenvalue weighted by molar-refractivity contribution is 7.07. The van der Waals surface area contributed by atoms with E-state index >= 15 is 0 Å². The molecule has 0 bridgehead atoms. The number of amides is 1. The molecule has 0 saturated carbocycles. The highest BCUT2D eigenvalue weighted by atomic mass is 32.1. The molecule has 44 heavy (non-hydrogen) atoms. The minimum Gasteiger partial charge on any atom is -0.463 e. The van der Waals surface area contributed by atoms with Crippen LogP contribution in [0, 0.1) is 0 Å². The summed E-state index contributed by atoms with van der Waals surface area (Å²) in [7, 11) is 0. The number of para-hydroxylation sites is 1. The van der Waals surface area contributed by atoms with E-state index in [4.69, 9.17) is 18.9 Å². The van der Waals surface area contributed by atoms with E-state index in [1.54, 1.807) is 30.5 Å². The second-order valence-corrected chi connectivity index (χ2v) is 11.6. The fourth-order valence-corrected chi connectivity index (χ4v) is 6.95. The third kappa shape index (κ3) is 4.89. The van der Waals surface area contributed by atoms with Crippen LogP contribution in [0.1, 0.15) is 31.0 Å². The number of carbonyl (C=O) groups excluding carboxylic acids is 2. The predicted molar refractivity (Wildman–Crippen MR) is 162 cm³/mol. The Bertz CT molecular complexity index is 2020. The van der Waals surface area contributed by atoms with E-state index in [0.29, 0.717) is 64.0 Å². The first-order valence-corrected chi connectivity index (χ1v) is 15.3. The molecule has 7 rings (SSSR count). The van der Waals surface area contributed by atoms with Gasteiger partial charge in [-0.2, -0.15) is 0 Å². The maximum absolute atomic E-state index is 14.2. The van der Waals surface area contributed by atoms with Gasteiger partial charge in [0.1, 0.15) is 6.54 Å². The van der Waals surface area contributed by atoms with Gasteiger partial charge in [0.05, 0.1) is 41.7 Å². The van der Waals surface area contributed by atoms with E-state index in [1.807, 2.05) is 52.1 Å². The molecule has 1 atom stereocenters. The molecule has 1 fully saturated rings. The van der Waals surface area contributed by atoms with Gasteiger partial charge < -0.3 is 28.4 Å². The number of fused-ring (bicyclic) bond motifs is 3. The molecule has 0 unspecified atom stereocenters. The molecule has 0 spiro atoms. The monoisotopic (exact) mass is 614 g/mol. The van der Waals surface area contributed by atoms with E-state index in [1.165, 1.54) is 11.3 Å². The number of hydrogen-bond acceptors (Lipinski definition) is 9. The normalized spacial score (nSPS) is 18.0. The van der Waals surface area contributed by atoms with Crippen LogP contribution in [0.4, 0.5) is 0 Å². The first-order valence-electron chi connectivity index (χ1n) is 14.5. The maximum Gasteiger partial charge on any atom is 0.338 e. The number of nitrogens with zero attached hydrogens (tertiary/aromatic N) is 4. The molecule has 2 aromatic carbocycles. The van der Waals surface area contributed by atoms with Gasteiger partial charge in [0, 0.05) is 35.8 Å². The van der Waals surface area contributed by atoms with Crippen molar-refractivity contribution >= 4 is 40.2 Å². The third-order valence-electron chi connectivity index (χ3n) is 8.00. The van der Waals surface area contributed by atoms with Crippen molar-refractivity contribution in [1.29, 1.82) is 0 Å². The highest BCUT2D eigenvalue weighted by Crippen LogP contribution is 2.38. The van der Waals surface area contributed by atoms with E-state index in [-0.39, 0.29) is 31.4 Å². The average Bonchev–Trinajstić information content (AvgIpc) is 3.73. The molecule has 5 heterocycles. The summed E-state index contributed by atoms with van der Waals surface area (Å²) in [4.78, 5) is 47.5. The zero-order chi connectivity index (χ0) is 30.4. The van der Waals surface area contributed by atoms with E-state index in [9.17, 15) is 14.4 Å². The molecule has 1 amide bonds. The molecule has 11 nitrogen and oxygen atoms in total. The van der Waals surface area contributed by atoms with Gasteiger partial charge in [-0.05, 0) is 43.7 Å². The van der Waals surface area contributed by atoms with Crippen LogP contribution in [-0.2, 0) is 25.6 Å². The molecule has 4 aromatic rings. The summed E-state index contributed by atoms with van der Waals surface area (Å²) in [6, 6.07) is 12.4. The van der Waals surface area contributed by atoms with Gasteiger partial charge in [-0.15, -0.1) is 0 Å². The van der Waals surface area contributed by atoms with Gasteiger partial charge in [0.2, 0.25) is 12.7 Å². The van der Waals surface area contributed by atoms with Crippen molar-refractivity contribution < 1.29 is 28.5 Å². The highest BCUT2D eigenvalue weighted by Gasteiger charge is 2.34. The predicted octanol–water partition coefficient (Wildman–Crippen LogP) is 2.34. The molecule has 0 radical (unpaired) electrons. The summed E-state index contributed by atoms with van der Waals surface area (Å²) in [5, 5.41) is 0.920. The minimum absolute atomic E-state index is 0.0191. The summed E-state index contributed by atoms with van der Waals surface area (Å²) < 4.78 is 25.8. The molecule has 3 aliphatic rings. The van der Waals surface area contributed by atoms with Crippen molar-refractivity contribution in [2.24, 2.45) is 4.99 Å². The standard InChI is InChI=1S/C32H30N4O7S/c1-3-41-31(39)28-19(2)33-32-36(29(28)20-8-9-24-25(14-20)43-18-42-24)30(38)26(44-32)15-21-16-35(23-7-5-4-6-22(21)23)17-27(37)34-10-12-40-13-11-34/h4-9,14-16,29H,3,10-13,17-18H2,1-2H3/b26-15+/t29-/m0/s1. The number of thiazole rings is 1. The summed E-state index contributed by atoms with van der Waals surface area (Å²) in [6.45, 7) is 6.18. The fourth-order valence-electron chi connectivity index (χ4n) is 5.91. The molecule has 0 N–H and O–H groups in total. The molecule has 2 aromatic heterocycles. The Morgan fingerprint density at radius 3 is 2.73 bits per heavy atom. The Hall–Kier alpha value is -4.68. The lowest BCUT2D eigenvalue weighted by atomic mass is 9.95. The first-order chi connectivity index (χ1) is 21.4. The number of morpholine rings is 1. The van der Waals surface area contributed by atoms with Crippen LogP contribution >= 0.6 is 11.3 Å². The van der Waals surface area contributed by atoms with Crippen LogP contribution in [0.15, 0.2) is 69.7 Å². The molecule has 0 aliphatic carbocycles. The Balaban J connectivity index is 1.34.